The van der Waals surface area contributed by atoms with Gasteiger partial charge in [-0.3, -0.25) is 14.9 Å². The summed E-state index contributed by atoms with van der Waals surface area (Å²) in [5.74, 6) is -1.28. The highest BCUT2D eigenvalue weighted by molar-refractivity contribution is 5.99. The maximum absolute atomic E-state index is 10.5. The zero-order valence-corrected chi connectivity index (χ0v) is 5.44. The van der Waals surface area contributed by atoms with E-state index in [2.05, 4.69) is 0 Å². The molecule has 60 valence electrons. The summed E-state index contributed by atoms with van der Waals surface area (Å²) in [5.41, 5.74) is 0. The van der Waals surface area contributed by atoms with Gasteiger partial charge in [0.25, 0.3) is 11.8 Å². The van der Waals surface area contributed by atoms with Gasteiger partial charge >= 0.3 is 0 Å². The second kappa shape index (κ2) is 2.52. The van der Waals surface area contributed by atoms with Gasteiger partial charge < -0.3 is 0 Å². The molecule has 1 saturated heterocycles. The lowest BCUT2D eigenvalue weighted by Crippen LogP contribution is -2.53. The minimum Gasteiger partial charge on any atom is -0.293 e. The Morgan fingerprint density at radius 1 is 1.36 bits per heavy atom. The van der Waals surface area contributed by atoms with Crippen LogP contribution in [0.5, 0.6) is 0 Å². The first-order valence-electron chi connectivity index (χ1n) is 2.81. The number of carbonyl (C=O) groups is 2. The topological polar surface area (TPSA) is 92.6 Å². The minimum atomic E-state index is -0.767. The lowest BCUT2D eigenvalue weighted by Gasteiger charge is -2.17. The molecular weight excluding hydrogens is 154 g/mol. The standard InChI is InChI=1S/C4H5N3O4/c8-3-1-6(7(10)11)2-4(9)5-3/h1-2H2,(H,5,8,9). The molecule has 0 unspecified atom stereocenters. The predicted octanol–water partition coefficient (Wildman–Crippen LogP) is -1.86. The van der Waals surface area contributed by atoms with Crippen LogP contribution in [-0.2, 0) is 9.59 Å². The molecule has 7 heteroatoms. The quantitative estimate of drug-likeness (QED) is 0.275. The first-order valence-corrected chi connectivity index (χ1v) is 2.81. The molecule has 7 nitrogen and oxygen atoms in total. The summed E-state index contributed by atoms with van der Waals surface area (Å²) in [4.78, 5) is 31.1. The van der Waals surface area contributed by atoms with Crippen LogP contribution in [0.3, 0.4) is 0 Å². The molecule has 1 heterocycles. The van der Waals surface area contributed by atoms with Crippen LogP contribution in [0.15, 0.2) is 0 Å². The van der Waals surface area contributed by atoms with Crippen molar-refractivity contribution in [3.8, 4) is 0 Å². The summed E-state index contributed by atoms with van der Waals surface area (Å²) in [6.45, 7) is -0.725. The molecular formula is C4H5N3O4. The molecule has 0 atom stereocenters. The van der Waals surface area contributed by atoms with E-state index >= 15 is 0 Å². The average molecular weight is 159 g/mol. The molecule has 0 aromatic heterocycles. The normalized spacial score (nSPS) is 18.0. The second-order valence-corrected chi connectivity index (χ2v) is 2.03. The van der Waals surface area contributed by atoms with Gasteiger partial charge in [0.1, 0.15) is 0 Å². The fourth-order valence-corrected chi connectivity index (χ4v) is 0.737. The van der Waals surface area contributed by atoms with Crippen LogP contribution >= 0.6 is 0 Å². The Morgan fingerprint density at radius 2 is 1.82 bits per heavy atom. The van der Waals surface area contributed by atoms with E-state index in [0.29, 0.717) is 5.01 Å². The van der Waals surface area contributed by atoms with Gasteiger partial charge in [-0.25, -0.2) is 10.1 Å². The van der Waals surface area contributed by atoms with E-state index in [0.717, 1.165) is 0 Å². The first kappa shape index (κ1) is 7.45. The molecule has 1 aliphatic heterocycles. The van der Waals surface area contributed by atoms with Crippen LogP contribution in [0.25, 0.3) is 0 Å². The van der Waals surface area contributed by atoms with Crippen molar-refractivity contribution in [3.05, 3.63) is 10.1 Å². The lowest BCUT2D eigenvalue weighted by atomic mass is 10.4. The van der Waals surface area contributed by atoms with Crippen LogP contribution in [0.2, 0.25) is 0 Å². The number of nitrogens with one attached hydrogen (secondary N) is 1. The van der Waals surface area contributed by atoms with Crippen molar-refractivity contribution in [2.75, 3.05) is 13.1 Å². The zero-order chi connectivity index (χ0) is 8.43. The number of hydrazine groups is 1. The Bertz CT molecular complexity index is 209. The summed E-state index contributed by atoms with van der Waals surface area (Å²) in [5, 5.41) is 11.8. The van der Waals surface area contributed by atoms with Gasteiger partial charge in [0.05, 0.1) is 0 Å². The molecule has 0 aromatic rings. The fraction of sp³-hybridized carbons (Fsp3) is 0.500. The van der Waals surface area contributed by atoms with E-state index in [-0.39, 0.29) is 13.1 Å². The van der Waals surface area contributed by atoms with E-state index in [1.54, 1.807) is 0 Å². The monoisotopic (exact) mass is 159 g/mol. The highest BCUT2D eigenvalue weighted by Crippen LogP contribution is 1.93. The molecule has 1 rings (SSSR count). The molecule has 2 amide bonds. The third kappa shape index (κ3) is 1.63. The number of rotatable bonds is 1. The number of hydrogen-bond donors (Lipinski definition) is 1. The molecule has 0 spiro atoms. The van der Waals surface area contributed by atoms with Crippen molar-refractivity contribution in [2.24, 2.45) is 0 Å². The van der Waals surface area contributed by atoms with Gasteiger partial charge in [0.15, 0.2) is 18.1 Å². The van der Waals surface area contributed by atoms with Crippen LogP contribution in [0.1, 0.15) is 0 Å². The van der Waals surface area contributed by atoms with Gasteiger partial charge in [-0.2, -0.15) is 0 Å². The summed E-state index contributed by atoms with van der Waals surface area (Å²) in [6, 6.07) is 0. The van der Waals surface area contributed by atoms with Gasteiger partial charge in [0, 0.05) is 0 Å². The van der Waals surface area contributed by atoms with Crippen LogP contribution in [0, 0.1) is 10.1 Å². The molecule has 0 saturated carbocycles. The number of carbonyl (C=O) groups excluding carboxylic acids is 2. The molecule has 0 radical (unpaired) electrons. The van der Waals surface area contributed by atoms with Crippen LogP contribution in [-0.4, -0.2) is 34.9 Å². The van der Waals surface area contributed by atoms with E-state index in [1.807, 2.05) is 5.32 Å². The molecule has 1 fully saturated rings. The van der Waals surface area contributed by atoms with E-state index < -0.39 is 16.8 Å². The van der Waals surface area contributed by atoms with E-state index in [4.69, 9.17) is 0 Å². The van der Waals surface area contributed by atoms with Crippen molar-refractivity contribution in [1.29, 1.82) is 0 Å². The number of imide groups is 1. The third-order valence-electron chi connectivity index (χ3n) is 1.16. The maximum atomic E-state index is 10.5. The number of hydrogen-bond acceptors (Lipinski definition) is 4. The van der Waals surface area contributed by atoms with E-state index in [1.165, 1.54) is 0 Å². The van der Waals surface area contributed by atoms with Crippen LogP contribution < -0.4 is 5.32 Å². The van der Waals surface area contributed by atoms with Gasteiger partial charge in [-0.05, 0) is 0 Å². The van der Waals surface area contributed by atoms with Crippen LogP contribution in [0.4, 0.5) is 0 Å². The van der Waals surface area contributed by atoms with Crippen molar-refractivity contribution < 1.29 is 14.6 Å². The van der Waals surface area contributed by atoms with Crippen molar-refractivity contribution in [3.63, 3.8) is 0 Å². The summed E-state index contributed by atoms with van der Waals surface area (Å²) >= 11 is 0. The summed E-state index contributed by atoms with van der Waals surface area (Å²) < 4.78 is 0. The molecule has 11 heavy (non-hydrogen) atoms. The van der Waals surface area contributed by atoms with Crippen molar-refractivity contribution in [2.45, 2.75) is 0 Å². The Hall–Kier alpha value is -1.66. The summed E-state index contributed by atoms with van der Waals surface area (Å²) in [6.07, 6.45) is 0. The highest BCUT2D eigenvalue weighted by Gasteiger charge is 2.28. The number of nitro groups is 1. The van der Waals surface area contributed by atoms with Crippen molar-refractivity contribution in [1.82, 2.24) is 10.3 Å². The predicted molar refractivity (Wildman–Crippen MR) is 31.7 cm³/mol. The molecule has 1 N–H and O–H groups in total. The third-order valence-corrected chi connectivity index (χ3v) is 1.16. The Balaban J connectivity index is 2.63. The first-order chi connectivity index (χ1) is 5.09. The molecule has 0 aromatic carbocycles. The molecule has 1 aliphatic rings. The lowest BCUT2D eigenvalue weighted by molar-refractivity contribution is -0.650. The maximum Gasteiger partial charge on any atom is 0.252 e. The highest BCUT2D eigenvalue weighted by atomic mass is 16.7. The molecule has 0 aliphatic carbocycles. The smallest absolute Gasteiger partial charge is 0.252 e. The van der Waals surface area contributed by atoms with E-state index in [9.17, 15) is 19.7 Å². The van der Waals surface area contributed by atoms with Gasteiger partial charge in [0.2, 0.25) is 0 Å². The zero-order valence-electron chi connectivity index (χ0n) is 5.44. The SMILES string of the molecule is O=C1CN([N+](=O)[O-])CC(=O)N1. The average Bonchev–Trinajstić information content (AvgIpc) is 1.85. The fourth-order valence-electron chi connectivity index (χ4n) is 0.737. The molecule has 0 bridgehead atoms. The minimum absolute atomic E-state index is 0.362. The van der Waals surface area contributed by atoms with Gasteiger partial charge in [-0.15, -0.1) is 5.01 Å². The Labute approximate surface area is 61.1 Å². The number of amides is 2. The number of nitrogens with zero attached hydrogens (tertiary/aromatic N) is 2. The largest absolute Gasteiger partial charge is 0.293 e. The summed E-state index contributed by atoms with van der Waals surface area (Å²) in [7, 11) is 0. The second-order valence-electron chi connectivity index (χ2n) is 2.03. The Morgan fingerprint density at radius 3 is 2.18 bits per heavy atom. The number of piperazine rings is 1. The van der Waals surface area contributed by atoms with Gasteiger partial charge in [-0.1, -0.05) is 0 Å². The Kier molecular flexibility index (Phi) is 1.71. The van der Waals surface area contributed by atoms with Crippen molar-refractivity contribution >= 4 is 11.8 Å².